The van der Waals surface area contributed by atoms with Gasteiger partial charge in [0.15, 0.2) is 0 Å². The van der Waals surface area contributed by atoms with E-state index in [4.69, 9.17) is 4.74 Å². The summed E-state index contributed by atoms with van der Waals surface area (Å²) in [6.07, 6.45) is 0.208. The number of nitrogens with zero attached hydrogens (tertiary/aromatic N) is 1. The Kier molecular flexibility index (Phi) is 3.44. The van der Waals surface area contributed by atoms with Gasteiger partial charge in [0, 0.05) is 12.1 Å². The van der Waals surface area contributed by atoms with Gasteiger partial charge in [-0.3, -0.25) is 14.5 Å². The molecule has 0 spiro atoms. The second kappa shape index (κ2) is 5.40. The first kappa shape index (κ1) is 13.4. The van der Waals surface area contributed by atoms with Crippen molar-refractivity contribution in [3.8, 4) is 5.75 Å². The molecule has 1 amide bonds. The number of para-hydroxylation sites is 1. The van der Waals surface area contributed by atoms with Crippen LogP contribution in [-0.2, 0) is 9.59 Å². The molecule has 1 heterocycles. The Bertz CT molecular complexity index is 664. The van der Waals surface area contributed by atoms with Gasteiger partial charge in [0.1, 0.15) is 5.75 Å². The van der Waals surface area contributed by atoms with Crippen LogP contribution in [0.25, 0.3) is 0 Å². The summed E-state index contributed by atoms with van der Waals surface area (Å²) in [5.74, 6) is -0.0395. The van der Waals surface area contributed by atoms with Gasteiger partial charge in [0.05, 0.1) is 13.2 Å². The van der Waals surface area contributed by atoms with E-state index in [0.29, 0.717) is 0 Å². The Balaban J connectivity index is 1.99. The number of carbonyl (C=O) groups is 2. The molecule has 0 saturated carbocycles. The molecule has 106 valence electrons. The van der Waals surface area contributed by atoms with Crippen molar-refractivity contribution in [2.24, 2.45) is 0 Å². The van der Waals surface area contributed by atoms with Crippen molar-refractivity contribution in [2.45, 2.75) is 12.5 Å². The number of carbonyl (C=O) groups excluding carboxylic acids is 2. The minimum Gasteiger partial charge on any atom is -0.497 e. The Labute approximate surface area is 123 Å². The fraction of sp³-hybridized carbons (Fsp3) is 0.176. The Morgan fingerprint density at radius 2 is 1.67 bits per heavy atom. The van der Waals surface area contributed by atoms with Crippen LogP contribution in [0.4, 0.5) is 5.69 Å². The lowest BCUT2D eigenvalue weighted by Gasteiger charge is -2.24. The smallest absolute Gasteiger partial charge is 0.295 e. The number of benzene rings is 2. The third-order valence-electron chi connectivity index (χ3n) is 3.68. The molecule has 1 saturated heterocycles. The van der Waals surface area contributed by atoms with E-state index >= 15 is 0 Å². The van der Waals surface area contributed by atoms with Gasteiger partial charge < -0.3 is 4.74 Å². The minimum atomic E-state index is -0.443. The lowest BCUT2D eigenvalue weighted by molar-refractivity contribution is -0.133. The van der Waals surface area contributed by atoms with Crippen LogP contribution < -0.4 is 9.64 Å². The molecule has 21 heavy (non-hydrogen) atoms. The standard InChI is InChI=1S/C17H15NO3/c1-21-14-9-7-12(8-10-14)15-11-16(19)17(20)18(15)13-5-3-2-4-6-13/h2-10,15H,11H2,1H3. The highest BCUT2D eigenvalue weighted by Gasteiger charge is 2.39. The van der Waals surface area contributed by atoms with Gasteiger partial charge in [-0.05, 0) is 29.8 Å². The van der Waals surface area contributed by atoms with Crippen LogP contribution in [0.1, 0.15) is 18.0 Å². The van der Waals surface area contributed by atoms with Gasteiger partial charge in [-0.15, -0.1) is 0 Å². The van der Waals surface area contributed by atoms with Gasteiger partial charge in [-0.1, -0.05) is 30.3 Å². The maximum atomic E-state index is 12.2. The monoisotopic (exact) mass is 281 g/mol. The summed E-state index contributed by atoms with van der Waals surface area (Å²) in [4.78, 5) is 25.6. The highest BCUT2D eigenvalue weighted by Crippen LogP contribution is 2.35. The molecule has 1 atom stereocenters. The third kappa shape index (κ3) is 2.40. The van der Waals surface area contributed by atoms with Crippen molar-refractivity contribution < 1.29 is 14.3 Å². The molecular formula is C17H15NO3. The number of hydrogen-bond acceptors (Lipinski definition) is 3. The molecule has 2 aromatic carbocycles. The molecular weight excluding hydrogens is 266 g/mol. The average molecular weight is 281 g/mol. The van der Waals surface area contributed by atoms with Gasteiger partial charge in [-0.2, -0.15) is 0 Å². The molecule has 0 N–H and O–H groups in total. The zero-order valence-electron chi connectivity index (χ0n) is 11.7. The maximum Gasteiger partial charge on any atom is 0.295 e. The second-order valence-electron chi connectivity index (χ2n) is 4.93. The van der Waals surface area contributed by atoms with E-state index in [1.807, 2.05) is 54.6 Å². The van der Waals surface area contributed by atoms with E-state index in [-0.39, 0.29) is 18.2 Å². The molecule has 0 radical (unpaired) electrons. The largest absolute Gasteiger partial charge is 0.497 e. The van der Waals surface area contributed by atoms with Crippen LogP contribution >= 0.6 is 0 Å². The number of ether oxygens (including phenoxy) is 1. The number of rotatable bonds is 3. The first-order valence-electron chi connectivity index (χ1n) is 6.76. The summed E-state index contributed by atoms with van der Waals surface area (Å²) >= 11 is 0. The number of ketones is 1. The van der Waals surface area contributed by atoms with E-state index in [1.165, 1.54) is 0 Å². The summed E-state index contributed by atoms with van der Waals surface area (Å²) < 4.78 is 5.14. The summed E-state index contributed by atoms with van der Waals surface area (Å²) in [5.41, 5.74) is 1.67. The summed E-state index contributed by atoms with van der Waals surface area (Å²) in [5, 5.41) is 0. The SMILES string of the molecule is COc1ccc(C2CC(=O)C(=O)N2c2ccccc2)cc1. The first-order valence-corrected chi connectivity index (χ1v) is 6.76. The zero-order valence-corrected chi connectivity index (χ0v) is 11.7. The maximum absolute atomic E-state index is 12.2. The number of Topliss-reactive ketones (excluding diaryl/α,β-unsaturated/α-hetero) is 1. The molecule has 4 nitrogen and oxygen atoms in total. The van der Waals surface area contributed by atoms with Crippen molar-refractivity contribution >= 4 is 17.4 Å². The minimum absolute atomic E-state index is 0.208. The van der Waals surface area contributed by atoms with Crippen LogP contribution in [0.5, 0.6) is 5.75 Å². The fourth-order valence-electron chi connectivity index (χ4n) is 2.61. The van der Waals surface area contributed by atoms with Crippen LogP contribution in [0.15, 0.2) is 54.6 Å². The third-order valence-corrected chi connectivity index (χ3v) is 3.68. The predicted octanol–water partition coefficient (Wildman–Crippen LogP) is 2.74. The molecule has 1 unspecified atom stereocenters. The topological polar surface area (TPSA) is 46.6 Å². The molecule has 1 fully saturated rings. The van der Waals surface area contributed by atoms with Crippen LogP contribution in [-0.4, -0.2) is 18.8 Å². The number of methoxy groups -OCH3 is 1. The van der Waals surface area contributed by atoms with Crippen LogP contribution in [0.3, 0.4) is 0 Å². The van der Waals surface area contributed by atoms with E-state index in [9.17, 15) is 9.59 Å². The summed E-state index contributed by atoms with van der Waals surface area (Å²) in [6.45, 7) is 0. The second-order valence-corrected chi connectivity index (χ2v) is 4.93. The van der Waals surface area contributed by atoms with Crippen molar-refractivity contribution in [3.05, 3.63) is 60.2 Å². The molecule has 4 heteroatoms. The zero-order chi connectivity index (χ0) is 14.8. The van der Waals surface area contributed by atoms with E-state index < -0.39 is 5.91 Å². The Morgan fingerprint density at radius 1 is 1.00 bits per heavy atom. The average Bonchev–Trinajstić information content (AvgIpc) is 2.84. The number of hydrogen-bond donors (Lipinski definition) is 0. The molecule has 0 bridgehead atoms. The quantitative estimate of drug-likeness (QED) is 0.813. The first-order chi connectivity index (χ1) is 10.2. The van der Waals surface area contributed by atoms with Gasteiger partial charge in [-0.25, -0.2) is 0 Å². The number of amides is 1. The lowest BCUT2D eigenvalue weighted by Crippen LogP contribution is -2.29. The van der Waals surface area contributed by atoms with Crippen LogP contribution in [0.2, 0.25) is 0 Å². The summed E-state index contributed by atoms with van der Waals surface area (Å²) in [6, 6.07) is 16.5. The molecule has 0 aliphatic carbocycles. The van der Waals surface area contributed by atoms with Crippen molar-refractivity contribution in [3.63, 3.8) is 0 Å². The molecule has 3 rings (SSSR count). The molecule has 0 aromatic heterocycles. The van der Waals surface area contributed by atoms with Crippen molar-refractivity contribution in [2.75, 3.05) is 12.0 Å². The van der Waals surface area contributed by atoms with Gasteiger partial charge in [0.2, 0.25) is 5.78 Å². The molecule has 1 aliphatic heterocycles. The van der Waals surface area contributed by atoms with Gasteiger partial charge >= 0.3 is 0 Å². The molecule has 1 aliphatic rings. The van der Waals surface area contributed by atoms with E-state index in [2.05, 4.69) is 0 Å². The highest BCUT2D eigenvalue weighted by atomic mass is 16.5. The lowest BCUT2D eigenvalue weighted by atomic mass is 10.0. The highest BCUT2D eigenvalue weighted by molar-refractivity contribution is 6.44. The molecule has 2 aromatic rings. The summed E-state index contributed by atoms with van der Waals surface area (Å²) in [7, 11) is 1.61. The van der Waals surface area contributed by atoms with E-state index in [1.54, 1.807) is 12.0 Å². The van der Waals surface area contributed by atoms with E-state index in [0.717, 1.165) is 17.0 Å². The Hall–Kier alpha value is -2.62. The van der Waals surface area contributed by atoms with Crippen LogP contribution in [0, 0.1) is 0 Å². The fourth-order valence-corrected chi connectivity index (χ4v) is 2.61. The van der Waals surface area contributed by atoms with Crippen molar-refractivity contribution in [1.29, 1.82) is 0 Å². The number of anilines is 1. The predicted molar refractivity (Wildman–Crippen MR) is 79.3 cm³/mol. The van der Waals surface area contributed by atoms with Gasteiger partial charge in [0.25, 0.3) is 5.91 Å². The normalized spacial score (nSPS) is 18.1. The Morgan fingerprint density at radius 3 is 2.29 bits per heavy atom. The van der Waals surface area contributed by atoms with Crippen molar-refractivity contribution in [1.82, 2.24) is 0 Å².